The molecule has 3 rings (SSSR count). The minimum Gasteiger partial charge on any atom is -0.379 e. The van der Waals surface area contributed by atoms with Gasteiger partial charge in [-0.3, -0.25) is 14.8 Å². The molecule has 0 radical (unpaired) electrons. The Morgan fingerprint density at radius 1 is 1.28 bits per heavy atom. The molecule has 2 atom stereocenters. The van der Waals surface area contributed by atoms with Crippen molar-refractivity contribution in [3.63, 3.8) is 0 Å². The van der Waals surface area contributed by atoms with Crippen LogP contribution in [-0.2, 0) is 9.47 Å². The van der Waals surface area contributed by atoms with E-state index in [0.717, 1.165) is 78.1 Å². The zero-order valence-corrected chi connectivity index (χ0v) is 20.8. The molecule has 7 nitrogen and oxygen atoms in total. The number of thiophene rings is 1. The highest BCUT2D eigenvalue weighted by molar-refractivity contribution is 14.0. The SMILES string of the molecule is CCNC(=NCC(c1cccs1)N1CCOC(C)C1)NCCN1CCOCC1.I. The van der Waals surface area contributed by atoms with Gasteiger partial charge >= 0.3 is 0 Å². The summed E-state index contributed by atoms with van der Waals surface area (Å²) in [6.07, 6.45) is 0.278. The van der Waals surface area contributed by atoms with Crippen molar-refractivity contribution in [2.75, 3.05) is 72.2 Å². The van der Waals surface area contributed by atoms with Crippen molar-refractivity contribution in [1.82, 2.24) is 20.4 Å². The first kappa shape index (κ1) is 24.8. The maximum Gasteiger partial charge on any atom is 0.191 e. The summed E-state index contributed by atoms with van der Waals surface area (Å²) in [5, 5.41) is 9.04. The molecule has 0 amide bonds. The molecule has 0 aliphatic carbocycles. The first-order valence-corrected chi connectivity index (χ1v) is 11.4. The van der Waals surface area contributed by atoms with E-state index >= 15 is 0 Å². The monoisotopic (exact) mass is 537 g/mol. The zero-order chi connectivity index (χ0) is 19.6. The molecule has 9 heteroatoms. The molecule has 1 aromatic rings. The van der Waals surface area contributed by atoms with Crippen LogP contribution in [0.4, 0.5) is 0 Å². The molecule has 2 saturated heterocycles. The predicted molar refractivity (Wildman–Crippen MR) is 131 cm³/mol. The Bertz CT molecular complexity index is 583. The van der Waals surface area contributed by atoms with Crippen molar-refractivity contribution in [3.8, 4) is 0 Å². The number of morpholine rings is 2. The Morgan fingerprint density at radius 2 is 2.10 bits per heavy atom. The van der Waals surface area contributed by atoms with Crippen LogP contribution in [-0.4, -0.2) is 94.0 Å². The summed E-state index contributed by atoms with van der Waals surface area (Å²) < 4.78 is 11.2. The Labute approximate surface area is 196 Å². The molecule has 2 N–H and O–H groups in total. The normalized spacial score (nSPS) is 22.7. The van der Waals surface area contributed by atoms with Gasteiger partial charge in [0, 0.05) is 50.7 Å². The summed E-state index contributed by atoms with van der Waals surface area (Å²) in [6, 6.07) is 4.66. The van der Waals surface area contributed by atoms with Gasteiger partial charge in [0.25, 0.3) is 0 Å². The number of ether oxygens (including phenoxy) is 2. The highest BCUT2D eigenvalue weighted by atomic mass is 127. The van der Waals surface area contributed by atoms with Gasteiger partial charge in [-0.2, -0.15) is 0 Å². The van der Waals surface area contributed by atoms with Gasteiger partial charge in [0.15, 0.2) is 5.96 Å². The van der Waals surface area contributed by atoms with Crippen molar-refractivity contribution < 1.29 is 9.47 Å². The van der Waals surface area contributed by atoms with Gasteiger partial charge in [0.05, 0.1) is 38.5 Å². The molecule has 1 aromatic heterocycles. The van der Waals surface area contributed by atoms with E-state index in [9.17, 15) is 0 Å². The fraction of sp³-hybridized carbons (Fsp3) is 0.750. The molecule has 3 heterocycles. The molecule has 0 aromatic carbocycles. The number of rotatable bonds is 8. The van der Waals surface area contributed by atoms with Crippen molar-refractivity contribution in [2.24, 2.45) is 4.99 Å². The van der Waals surface area contributed by atoms with Crippen molar-refractivity contribution in [1.29, 1.82) is 0 Å². The number of hydrogen-bond acceptors (Lipinski definition) is 6. The lowest BCUT2D eigenvalue weighted by molar-refractivity contribution is -0.0327. The number of hydrogen-bond donors (Lipinski definition) is 2. The lowest BCUT2D eigenvalue weighted by Crippen LogP contribution is -2.45. The first-order valence-electron chi connectivity index (χ1n) is 10.5. The van der Waals surface area contributed by atoms with Gasteiger partial charge in [-0.05, 0) is 25.3 Å². The maximum absolute atomic E-state index is 5.74. The molecule has 2 fully saturated rings. The van der Waals surface area contributed by atoms with Crippen LogP contribution in [0, 0.1) is 0 Å². The van der Waals surface area contributed by atoms with Crippen LogP contribution in [0.15, 0.2) is 22.5 Å². The van der Waals surface area contributed by atoms with E-state index in [1.54, 1.807) is 0 Å². The molecule has 2 aliphatic rings. The smallest absolute Gasteiger partial charge is 0.191 e. The fourth-order valence-electron chi connectivity index (χ4n) is 3.67. The minimum atomic E-state index is 0. The predicted octanol–water partition coefficient (Wildman–Crippen LogP) is 2.02. The van der Waals surface area contributed by atoms with Gasteiger partial charge in [-0.1, -0.05) is 6.07 Å². The van der Waals surface area contributed by atoms with Gasteiger partial charge in [-0.25, -0.2) is 0 Å². The Balaban J connectivity index is 0.00000300. The second kappa shape index (κ2) is 13.8. The molecule has 0 saturated carbocycles. The average Bonchev–Trinajstić information content (AvgIpc) is 3.23. The fourth-order valence-corrected chi connectivity index (χ4v) is 4.52. The molecular weight excluding hydrogens is 501 g/mol. The summed E-state index contributed by atoms with van der Waals surface area (Å²) >= 11 is 1.82. The largest absolute Gasteiger partial charge is 0.379 e. The van der Waals surface area contributed by atoms with Gasteiger partial charge in [0.1, 0.15) is 0 Å². The summed E-state index contributed by atoms with van der Waals surface area (Å²) in [6.45, 7) is 14.2. The second-order valence-corrected chi connectivity index (χ2v) is 8.29. The van der Waals surface area contributed by atoms with E-state index in [0.29, 0.717) is 6.04 Å². The van der Waals surface area contributed by atoms with E-state index < -0.39 is 0 Å². The van der Waals surface area contributed by atoms with E-state index in [-0.39, 0.29) is 30.1 Å². The summed E-state index contributed by atoms with van der Waals surface area (Å²) in [5.41, 5.74) is 0. The lowest BCUT2D eigenvalue weighted by Gasteiger charge is -2.36. The van der Waals surface area contributed by atoms with Crippen LogP contribution < -0.4 is 10.6 Å². The minimum absolute atomic E-state index is 0. The van der Waals surface area contributed by atoms with Crippen LogP contribution in [0.5, 0.6) is 0 Å². The molecule has 29 heavy (non-hydrogen) atoms. The number of guanidine groups is 1. The zero-order valence-electron chi connectivity index (χ0n) is 17.6. The Hall–Kier alpha value is -0.460. The summed E-state index contributed by atoms with van der Waals surface area (Å²) in [7, 11) is 0. The van der Waals surface area contributed by atoms with Crippen LogP contribution >= 0.6 is 35.3 Å². The standard InChI is InChI=1S/C20H35N5O2S.HI/c1-3-21-20(22-6-7-24-8-11-26-12-9-24)23-15-18(19-5-4-14-28-19)25-10-13-27-17(2)16-25;/h4-5,14,17-18H,3,6-13,15-16H2,1-2H3,(H2,21,22,23);1H. The number of nitrogens with one attached hydrogen (secondary N) is 2. The third-order valence-corrected chi connectivity index (χ3v) is 6.15. The number of aliphatic imine (C=N–C) groups is 1. The molecule has 166 valence electrons. The number of halogens is 1. The van der Waals surface area contributed by atoms with Crippen molar-refractivity contribution >= 4 is 41.3 Å². The first-order chi connectivity index (χ1) is 13.8. The molecule has 0 spiro atoms. The highest BCUT2D eigenvalue weighted by Crippen LogP contribution is 2.27. The van der Waals surface area contributed by atoms with Crippen LogP contribution in [0.3, 0.4) is 0 Å². The van der Waals surface area contributed by atoms with E-state index in [1.807, 2.05) is 11.3 Å². The van der Waals surface area contributed by atoms with Crippen molar-refractivity contribution in [2.45, 2.75) is 26.0 Å². The van der Waals surface area contributed by atoms with Crippen LogP contribution in [0.2, 0.25) is 0 Å². The number of nitrogens with zero attached hydrogens (tertiary/aromatic N) is 3. The quantitative estimate of drug-likeness (QED) is 0.301. The molecule has 2 unspecified atom stereocenters. The van der Waals surface area contributed by atoms with Gasteiger partial charge in [0.2, 0.25) is 0 Å². The molecular formula is C20H36IN5O2S. The Kier molecular flexibility index (Phi) is 11.8. The topological polar surface area (TPSA) is 61.4 Å². The highest BCUT2D eigenvalue weighted by Gasteiger charge is 2.26. The molecule has 2 aliphatic heterocycles. The Morgan fingerprint density at radius 3 is 2.79 bits per heavy atom. The summed E-state index contributed by atoms with van der Waals surface area (Å²) in [5.74, 6) is 0.902. The van der Waals surface area contributed by atoms with Crippen LogP contribution in [0.25, 0.3) is 0 Å². The average molecular weight is 538 g/mol. The van der Waals surface area contributed by atoms with E-state index in [4.69, 9.17) is 14.5 Å². The third-order valence-electron chi connectivity index (χ3n) is 5.18. The van der Waals surface area contributed by atoms with Gasteiger partial charge < -0.3 is 20.1 Å². The third kappa shape index (κ3) is 8.29. The molecule has 0 bridgehead atoms. The maximum atomic E-state index is 5.74. The van der Waals surface area contributed by atoms with E-state index in [2.05, 4.69) is 51.8 Å². The van der Waals surface area contributed by atoms with Crippen LogP contribution in [0.1, 0.15) is 24.8 Å². The second-order valence-electron chi connectivity index (χ2n) is 7.31. The lowest BCUT2D eigenvalue weighted by atomic mass is 10.1. The van der Waals surface area contributed by atoms with Gasteiger partial charge in [-0.15, -0.1) is 35.3 Å². The summed E-state index contributed by atoms with van der Waals surface area (Å²) in [4.78, 5) is 11.3. The van der Waals surface area contributed by atoms with E-state index in [1.165, 1.54) is 4.88 Å². The van der Waals surface area contributed by atoms with Crippen molar-refractivity contribution in [3.05, 3.63) is 22.4 Å².